The van der Waals surface area contributed by atoms with E-state index in [0.717, 1.165) is 18.2 Å². The Balaban J connectivity index is 2.35. The van der Waals surface area contributed by atoms with Gasteiger partial charge in [0.05, 0.1) is 5.56 Å². The van der Waals surface area contributed by atoms with Crippen LogP contribution >= 0.6 is 15.9 Å². The average molecular weight is 342 g/mol. The number of hydrogen-bond acceptors (Lipinski definition) is 2. The fraction of sp³-hybridized carbons (Fsp3) is 0.0714. The van der Waals surface area contributed by atoms with Crippen molar-refractivity contribution in [2.75, 3.05) is 0 Å². The van der Waals surface area contributed by atoms with E-state index >= 15 is 0 Å². The van der Waals surface area contributed by atoms with Crippen molar-refractivity contribution in [2.45, 2.75) is 5.33 Å². The molecule has 0 N–H and O–H groups in total. The van der Waals surface area contributed by atoms with E-state index in [0.29, 0.717) is 10.9 Å². The van der Waals surface area contributed by atoms with Gasteiger partial charge in [-0.05, 0) is 29.8 Å². The molecule has 2 nitrogen and oxygen atoms in total. The zero-order valence-electron chi connectivity index (χ0n) is 9.96. The molecular weight excluding hydrogens is 335 g/mol. The first-order chi connectivity index (χ1) is 9.55. The lowest BCUT2D eigenvalue weighted by Crippen LogP contribution is -1.95. The molecule has 2 aromatic rings. The SMILES string of the molecule is N#Cc1ccc(Oc2c(F)cc(CBr)cc2F)cc1F. The molecule has 0 saturated heterocycles. The van der Waals surface area contributed by atoms with E-state index < -0.39 is 23.2 Å². The van der Waals surface area contributed by atoms with Crippen LogP contribution in [0, 0.1) is 28.8 Å². The summed E-state index contributed by atoms with van der Waals surface area (Å²) < 4.78 is 45.8. The third-order valence-corrected chi connectivity index (χ3v) is 3.14. The Morgan fingerprint density at radius 2 is 1.70 bits per heavy atom. The number of benzene rings is 2. The van der Waals surface area contributed by atoms with Gasteiger partial charge in [-0.3, -0.25) is 0 Å². The summed E-state index contributed by atoms with van der Waals surface area (Å²) in [5.74, 6) is -3.29. The molecule has 0 radical (unpaired) electrons. The van der Waals surface area contributed by atoms with Crippen LogP contribution in [0.4, 0.5) is 13.2 Å². The number of alkyl halides is 1. The number of ether oxygens (including phenoxy) is 1. The standard InChI is InChI=1S/C14H7BrF3NO/c15-6-8-3-12(17)14(13(18)4-8)20-10-2-1-9(7-19)11(16)5-10/h1-5H,6H2. The van der Waals surface area contributed by atoms with Gasteiger partial charge in [-0.15, -0.1) is 0 Å². The first-order valence-electron chi connectivity index (χ1n) is 5.46. The highest BCUT2D eigenvalue weighted by atomic mass is 79.9. The molecule has 0 unspecified atom stereocenters. The van der Waals surface area contributed by atoms with Crippen LogP contribution in [0.5, 0.6) is 11.5 Å². The molecule has 0 amide bonds. The molecule has 2 aromatic carbocycles. The highest BCUT2D eigenvalue weighted by Crippen LogP contribution is 2.30. The maximum absolute atomic E-state index is 13.7. The van der Waals surface area contributed by atoms with E-state index in [1.807, 2.05) is 0 Å². The first-order valence-corrected chi connectivity index (χ1v) is 6.58. The minimum atomic E-state index is -0.885. The summed E-state index contributed by atoms with van der Waals surface area (Å²) in [5.41, 5.74) is 0.242. The number of nitriles is 1. The van der Waals surface area contributed by atoms with Gasteiger partial charge in [0, 0.05) is 11.4 Å². The van der Waals surface area contributed by atoms with Crippen molar-refractivity contribution >= 4 is 15.9 Å². The van der Waals surface area contributed by atoms with Crippen LogP contribution in [-0.2, 0) is 5.33 Å². The van der Waals surface area contributed by atoms with Crippen molar-refractivity contribution < 1.29 is 17.9 Å². The van der Waals surface area contributed by atoms with Gasteiger partial charge < -0.3 is 4.74 Å². The van der Waals surface area contributed by atoms with Gasteiger partial charge in [0.2, 0.25) is 0 Å². The van der Waals surface area contributed by atoms with Crippen LogP contribution in [0.2, 0.25) is 0 Å². The molecule has 0 saturated carbocycles. The fourth-order valence-corrected chi connectivity index (χ4v) is 1.88. The van der Waals surface area contributed by atoms with E-state index in [-0.39, 0.29) is 11.3 Å². The molecule has 102 valence electrons. The maximum atomic E-state index is 13.7. The van der Waals surface area contributed by atoms with Gasteiger partial charge in [0.25, 0.3) is 0 Å². The van der Waals surface area contributed by atoms with Crippen molar-refractivity contribution in [2.24, 2.45) is 0 Å². The van der Waals surface area contributed by atoms with Crippen LogP contribution in [0.25, 0.3) is 0 Å². The lowest BCUT2D eigenvalue weighted by atomic mass is 10.2. The number of hydrogen-bond donors (Lipinski definition) is 0. The van der Waals surface area contributed by atoms with E-state index in [1.54, 1.807) is 6.07 Å². The number of rotatable bonds is 3. The fourth-order valence-electron chi connectivity index (χ4n) is 1.55. The maximum Gasteiger partial charge on any atom is 0.198 e. The second kappa shape index (κ2) is 5.97. The summed E-state index contributed by atoms with van der Waals surface area (Å²) in [4.78, 5) is 0. The Morgan fingerprint density at radius 3 is 2.20 bits per heavy atom. The van der Waals surface area contributed by atoms with Gasteiger partial charge in [-0.2, -0.15) is 5.26 Å². The van der Waals surface area contributed by atoms with Crippen LogP contribution < -0.4 is 4.74 Å². The van der Waals surface area contributed by atoms with Crippen LogP contribution in [0.1, 0.15) is 11.1 Å². The van der Waals surface area contributed by atoms with Crippen LogP contribution in [0.15, 0.2) is 30.3 Å². The van der Waals surface area contributed by atoms with Crippen molar-refractivity contribution in [1.82, 2.24) is 0 Å². The Bertz CT molecular complexity index is 674. The van der Waals surface area contributed by atoms with Gasteiger partial charge >= 0.3 is 0 Å². The third-order valence-electron chi connectivity index (χ3n) is 2.49. The summed E-state index contributed by atoms with van der Waals surface area (Å²) in [6.07, 6.45) is 0. The zero-order chi connectivity index (χ0) is 14.7. The minimum absolute atomic E-state index is 0.0918. The molecule has 0 aromatic heterocycles. The van der Waals surface area contributed by atoms with Gasteiger partial charge in [0.1, 0.15) is 17.6 Å². The molecule has 0 atom stereocenters. The molecule has 0 fully saturated rings. The average Bonchev–Trinajstić information content (AvgIpc) is 2.42. The van der Waals surface area contributed by atoms with Gasteiger partial charge in [-0.1, -0.05) is 15.9 Å². The Labute approximate surface area is 121 Å². The second-order valence-electron chi connectivity index (χ2n) is 3.88. The number of nitrogens with zero attached hydrogens (tertiary/aromatic N) is 1. The van der Waals surface area contributed by atoms with Crippen molar-refractivity contribution in [3.05, 3.63) is 58.9 Å². The van der Waals surface area contributed by atoms with E-state index in [9.17, 15) is 13.2 Å². The topological polar surface area (TPSA) is 33.0 Å². The Hall–Kier alpha value is -2.00. The molecule has 0 aliphatic carbocycles. The molecular formula is C14H7BrF3NO. The largest absolute Gasteiger partial charge is 0.451 e. The molecule has 20 heavy (non-hydrogen) atoms. The lowest BCUT2D eigenvalue weighted by Gasteiger charge is -2.09. The quantitative estimate of drug-likeness (QED) is 0.760. The van der Waals surface area contributed by atoms with E-state index in [4.69, 9.17) is 10.00 Å². The van der Waals surface area contributed by atoms with Crippen molar-refractivity contribution in [3.63, 3.8) is 0 Å². The minimum Gasteiger partial charge on any atom is -0.451 e. The number of halogens is 4. The smallest absolute Gasteiger partial charge is 0.198 e. The first kappa shape index (κ1) is 14.4. The normalized spacial score (nSPS) is 10.2. The summed E-state index contributed by atoms with van der Waals surface area (Å²) in [6, 6.07) is 7.21. The van der Waals surface area contributed by atoms with Crippen molar-refractivity contribution in [3.8, 4) is 17.6 Å². The molecule has 2 rings (SSSR count). The van der Waals surface area contributed by atoms with Gasteiger partial charge in [0.15, 0.2) is 17.4 Å². The monoisotopic (exact) mass is 341 g/mol. The van der Waals surface area contributed by atoms with Crippen LogP contribution in [0.3, 0.4) is 0 Å². The summed E-state index contributed by atoms with van der Waals surface area (Å²) >= 11 is 3.09. The lowest BCUT2D eigenvalue weighted by molar-refractivity contribution is 0.404. The summed E-state index contributed by atoms with van der Waals surface area (Å²) in [5, 5.41) is 8.89. The Morgan fingerprint density at radius 1 is 1.05 bits per heavy atom. The molecule has 0 bridgehead atoms. The van der Waals surface area contributed by atoms with Gasteiger partial charge in [-0.25, -0.2) is 13.2 Å². The third kappa shape index (κ3) is 2.94. The predicted octanol–water partition coefficient (Wildman–Crippen LogP) is 4.66. The van der Waals surface area contributed by atoms with E-state index in [1.165, 1.54) is 12.1 Å². The zero-order valence-corrected chi connectivity index (χ0v) is 11.5. The molecule has 0 aliphatic rings. The second-order valence-corrected chi connectivity index (χ2v) is 4.44. The summed E-state index contributed by atoms with van der Waals surface area (Å²) in [6.45, 7) is 0. The Kier molecular flexibility index (Phi) is 4.30. The molecule has 6 heteroatoms. The highest BCUT2D eigenvalue weighted by Gasteiger charge is 2.14. The molecule has 0 aliphatic heterocycles. The van der Waals surface area contributed by atoms with Crippen LogP contribution in [-0.4, -0.2) is 0 Å². The predicted molar refractivity (Wildman–Crippen MR) is 70.2 cm³/mol. The summed E-state index contributed by atoms with van der Waals surface area (Å²) in [7, 11) is 0. The molecule has 0 spiro atoms. The van der Waals surface area contributed by atoms with Crippen molar-refractivity contribution in [1.29, 1.82) is 5.26 Å². The molecule has 0 heterocycles. The van der Waals surface area contributed by atoms with E-state index in [2.05, 4.69) is 15.9 Å². The highest BCUT2D eigenvalue weighted by molar-refractivity contribution is 9.08.